The molecule has 0 aliphatic heterocycles. The van der Waals surface area contributed by atoms with Crippen molar-refractivity contribution in [2.75, 3.05) is 0 Å². The Balaban J connectivity index is 2.15. The van der Waals surface area contributed by atoms with Gasteiger partial charge in [-0.2, -0.15) is 0 Å². The van der Waals surface area contributed by atoms with E-state index in [-0.39, 0.29) is 11.4 Å². The molecule has 1 N–H and O–H groups in total. The average molecular weight is 269 g/mol. The molecule has 0 amide bonds. The molecule has 2 nitrogen and oxygen atoms in total. The van der Waals surface area contributed by atoms with Crippen LogP contribution in [-0.2, 0) is 12.8 Å². The zero-order valence-electron chi connectivity index (χ0n) is 9.99. The topological polar surface area (TPSA) is 33.4 Å². The van der Waals surface area contributed by atoms with Crippen LogP contribution in [0.2, 0.25) is 5.02 Å². The molecule has 0 saturated carbocycles. The first-order chi connectivity index (χ1) is 8.61. The first-order valence-corrected chi connectivity index (χ1v) is 6.19. The van der Waals surface area contributed by atoms with Crippen molar-refractivity contribution >= 4 is 11.6 Å². The summed E-state index contributed by atoms with van der Waals surface area (Å²) < 4.78 is 19.1. The Morgan fingerprint density at radius 1 is 1.33 bits per heavy atom. The summed E-state index contributed by atoms with van der Waals surface area (Å²) in [5.41, 5.74) is 0.379. The predicted molar refractivity (Wildman–Crippen MR) is 68.2 cm³/mol. The van der Waals surface area contributed by atoms with Gasteiger partial charge >= 0.3 is 0 Å². The van der Waals surface area contributed by atoms with Gasteiger partial charge in [-0.25, -0.2) is 4.39 Å². The average Bonchev–Trinajstić information content (AvgIpc) is 2.83. The van der Waals surface area contributed by atoms with E-state index >= 15 is 0 Å². The monoisotopic (exact) mass is 268 g/mol. The van der Waals surface area contributed by atoms with Gasteiger partial charge in [0.1, 0.15) is 23.4 Å². The van der Waals surface area contributed by atoms with Crippen molar-refractivity contribution in [2.24, 2.45) is 0 Å². The molecule has 1 atom stereocenters. The van der Waals surface area contributed by atoms with Crippen molar-refractivity contribution in [3.8, 4) is 0 Å². The second-order valence-electron chi connectivity index (χ2n) is 4.09. The Bertz CT molecular complexity index is 536. The summed E-state index contributed by atoms with van der Waals surface area (Å²) in [5.74, 6) is 0.766. The molecule has 2 aromatic rings. The maximum atomic E-state index is 13.7. The molecule has 1 unspecified atom stereocenters. The van der Waals surface area contributed by atoms with E-state index in [9.17, 15) is 9.50 Å². The second-order valence-corrected chi connectivity index (χ2v) is 4.50. The van der Waals surface area contributed by atoms with E-state index in [2.05, 4.69) is 0 Å². The predicted octanol–water partition coefficient (Wildman–Crippen LogP) is 3.91. The number of hydrogen-bond acceptors (Lipinski definition) is 2. The van der Waals surface area contributed by atoms with Gasteiger partial charge in [-0.1, -0.05) is 30.7 Å². The fourth-order valence-corrected chi connectivity index (χ4v) is 1.97. The van der Waals surface area contributed by atoms with Crippen molar-refractivity contribution < 1.29 is 13.9 Å². The van der Waals surface area contributed by atoms with Crippen molar-refractivity contribution in [1.29, 1.82) is 0 Å². The lowest BCUT2D eigenvalue weighted by Gasteiger charge is -2.09. The van der Waals surface area contributed by atoms with Gasteiger partial charge < -0.3 is 9.52 Å². The Labute approximate surface area is 110 Å². The summed E-state index contributed by atoms with van der Waals surface area (Å²) in [6.07, 6.45) is 0.0414. The SMILES string of the molecule is CCc1ccc(C(O)Cc2cccc(Cl)c2F)o1. The number of halogens is 2. The number of rotatable bonds is 4. The number of furan rings is 1. The standard InChI is InChI=1S/C14H14ClFO2/c1-2-10-6-7-13(18-10)12(17)8-9-4-3-5-11(15)14(9)16/h3-7,12,17H,2,8H2,1H3. The summed E-state index contributed by atoms with van der Waals surface area (Å²) in [4.78, 5) is 0. The maximum Gasteiger partial charge on any atom is 0.145 e. The number of hydrogen-bond donors (Lipinski definition) is 1. The molecule has 1 aromatic heterocycles. The van der Waals surface area contributed by atoms with Gasteiger partial charge in [-0.15, -0.1) is 0 Å². The van der Waals surface area contributed by atoms with Gasteiger partial charge in [0.25, 0.3) is 0 Å². The van der Waals surface area contributed by atoms with Crippen molar-refractivity contribution in [3.05, 3.63) is 58.3 Å². The largest absolute Gasteiger partial charge is 0.463 e. The minimum absolute atomic E-state index is 0.0633. The number of benzene rings is 1. The highest BCUT2D eigenvalue weighted by atomic mass is 35.5. The van der Waals surface area contributed by atoms with Crippen LogP contribution >= 0.6 is 11.6 Å². The third-order valence-corrected chi connectivity index (χ3v) is 3.10. The molecule has 0 spiro atoms. The summed E-state index contributed by atoms with van der Waals surface area (Å²) >= 11 is 5.69. The van der Waals surface area contributed by atoms with Crippen molar-refractivity contribution in [1.82, 2.24) is 0 Å². The van der Waals surface area contributed by atoms with Crippen LogP contribution in [0.1, 0.15) is 30.1 Å². The van der Waals surface area contributed by atoms with Crippen LogP contribution in [0.3, 0.4) is 0 Å². The van der Waals surface area contributed by atoms with Crippen LogP contribution in [0.5, 0.6) is 0 Å². The van der Waals surface area contributed by atoms with Gasteiger partial charge in [0.05, 0.1) is 5.02 Å². The molecular formula is C14H14ClFO2. The molecule has 1 aromatic carbocycles. The molecule has 0 aliphatic carbocycles. The molecule has 96 valence electrons. The Kier molecular flexibility index (Phi) is 4.04. The van der Waals surface area contributed by atoms with Crippen LogP contribution in [0.25, 0.3) is 0 Å². The van der Waals surface area contributed by atoms with Crippen LogP contribution < -0.4 is 0 Å². The lowest BCUT2D eigenvalue weighted by Crippen LogP contribution is -2.02. The van der Waals surface area contributed by atoms with E-state index in [0.29, 0.717) is 11.3 Å². The molecule has 0 radical (unpaired) electrons. The first kappa shape index (κ1) is 13.1. The highest BCUT2D eigenvalue weighted by molar-refractivity contribution is 6.30. The quantitative estimate of drug-likeness (QED) is 0.912. The molecule has 4 heteroatoms. The normalized spacial score (nSPS) is 12.7. The Morgan fingerprint density at radius 2 is 2.11 bits per heavy atom. The molecule has 1 heterocycles. The second kappa shape index (κ2) is 5.55. The van der Waals surface area contributed by atoms with Gasteiger partial charge in [-0.3, -0.25) is 0 Å². The highest BCUT2D eigenvalue weighted by Gasteiger charge is 2.16. The van der Waals surface area contributed by atoms with E-state index in [0.717, 1.165) is 12.2 Å². The van der Waals surface area contributed by atoms with E-state index < -0.39 is 11.9 Å². The minimum Gasteiger partial charge on any atom is -0.463 e. The molecule has 2 rings (SSSR count). The molecule has 18 heavy (non-hydrogen) atoms. The summed E-state index contributed by atoms with van der Waals surface area (Å²) in [6, 6.07) is 8.27. The molecular weight excluding hydrogens is 255 g/mol. The maximum absolute atomic E-state index is 13.7. The third-order valence-electron chi connectivity index (χ3n) is 2.80. The fraction of sp³-hybridized carbons (Fsp3) is 0.286. The number of aryl methyl sites for hydroxylation is 1. The van der Waals surface area contributed by atoms with Crippen LogP contribution in [0.15, 0.2) is 34.7 Å². The Hall–Kier alpha value is -1.32. The first-order valence-electron chi connectivity index (χ1n) is 5.81. The van der Waals surface area contributed by atoms with Crippen molar-refractivity contribution in [3.63, 3.8) is 0 Å². The summed E-state index contributed by atoms with van der Waals surface area (Å²) in [6.45, 7) is 1.96. The van der Waals surface area contributed by atoms with Gasteiger partial charge in [0, 0.05) is 12.8 Å². The van der Waals surface area contributed by atoms with Gasteiger partial charge in [0.15, 0.2) is 0 Å². The number of aliphatic hydroxyl groups excluding tert-OH is 1. The smallest absolute Gasteiger partial charge is 0.145 e. The molecule has 0 aliphatic rings. The van der Waals surface area contributed by atoms with E-state index in [4.69, 9.17) is 16.0 Å². The summed E-state index contributed by atoms with van der Waals surface area (Å²) in [5, 5.41) is 10.1. The van der Waals surface area contributed by atoms with Crippen LogP contribution in [0, 0.1) is 5.82 Å². The van der Waals surface area contributed by atoms with E-state index in [1.807, 2.05) is 13.0 Å². The van der Waals surface area contributed by atoms with Crippen LogP contribution in [-0.4, -0.2) is 5.11 Å². The fourth-order valence-electron chi connectivity index (χ4n) is 1.78. The molecule has 0 saturated heterocycles. The van der Waals surface area contributed by atoms with Crippen molar-refractivity contribution in [2.45, 2.75) is 25.9 Å². The Morgan fingerprint density at radius 3 is 2.78 bits per heavy atom. The zero-order chi connectivity index (χ0) is 13.1. The van der Waals surface area contributed by atoms with Gasteiger partial charge in [0.2, 0.25) is 0 Å². The highest BCUT2D eigenvalue weighted by Crippen LogP contribution is 2.25. The third kappa shape index (κ3) is 2.74. The van der Waals surface area contributed by atoms with Crippen LogP contribution in [0.4, 0.5) is 4.39 Å². The number of aliphatic hydroxyl groups is 1. The minimum atomic E-state index is -0.863. The van der Waals surface area contributed by atoms with E-state index in [1.54, 1.807) is 18.2 Å². The molecule has 0 fully saturated rings. The van der Waals surface area contributed by atoms with E-state index in [1.165, 1.54) is 6.07 Å². The molecule has 0 bridgehead atoms. The van der Waals surface area contributed by atoms with Gasteiger partial charge in [-0.05, 0) is 23.8 Å². The summed E-state index contributed by atoms with van der Waals surface area (Å²) in [7, 11) is 0. The lowest BCUT2D eigenvalue weighted by atomic mass is 10.1. The zero-order valence-corrected chi connectivity index (χ0v) is 10.7. The lowest BCUT2D eigenvalue weighted by molar-refractivity contribution is 0.147.